The van der Waals surface area contributed by atoms with Crippen molar-refractivity contribution in [3.8, 4) is 5.75 Å². The number of nitrogen functional groups attached to an aromatic ring is 1. The van der Waals surface area contributed by atoms with Gasteiger partial charge >= 0.3 is 5.97 Å². The normalized spacial score (nSPS) is 18.8. The van der Waals surface area contributed by atoms with E-state index in [2.05, 4.69) is 0 Å². The Morgan fingerprint density at radius 1 is 1.57 bits per heavy atom. The van der Waals surface area contributed by atoms with Crippen LogP contribution >= 0.6 is 0 Å². The lowest BCUT2D eigenvalue weighted by Crippen LogP contribution is -2.10. The van der Waals surface area contributed by atoms with E-state index in [1.165, 1.54) is 6.07 Å². The van der Waals surface area contributed by atoms with Crippen molar-refractivity contribution in [2.45, 2.75) is 6.04 Å². The SMILES string of the molecule is Nc1cc(C(=O)O)c2c(c1)[C@H](N)CO2. The van der Waals surface area contributed by atoms with Gasteiger partial charge in [-0.2, -0.15) is 0 Å². The van der Waals surface area contributed by atoms with Crippen LogP contribution in [-0.4, -0.2) is 17.7 Å². The van der Waals surface area contributed by atoms with Crippen molar-refractivity contribution in [3.05, 3.63) is 23.3 Å². The van der Waals surface area contributed by atoms with Crippen LogP contribution in [-0.2, 0) is 0 Å². The maximum Gasteiger partial charge on any atom is 0.339 e. The summed E-state index contributed by atoms with van der Waals surface area (Å²) in [6, 6.07) is 2.74. The van der Waals surface area contributed by atoms with Crippen LogP contribution in [0.3, 0.4) is 0 Å². The maximum atomic E-state index is 10.8. The smallest absolute Gasteiger partial charge is 0.339 e. The highest BCUT2D eigenvalue weighted by Gasteiger charge is 2.26. The molecule has 0 unspecified atom stereocenters. The standard InChI is InChI=1S/C9H10N2O3/c10-4-1-5-7(11)3-14-8(5)6(2-4)9(12)13/h1-2,7H,3,10-11H2,(H,12,13)/t7-/m1/s1. The molecule has 1 aliphatic heterocycles. The van der Waals surface area contributed by atoms with E-state index >= 15 is 0 Å². The molecular formula is C9H10N2O3. The van der Waals surface area contributed by atoms with Crippen LogP contribution in [0.5, 0.6) is 5.75 Å². The minimum atomic E-state index is -1.05. The number of hydrogen-bond donors (Lipinski definition) is 3. The fourth-order valence-electron chi connectivity index (χ4n) is 1.53. The third-order valence-electron chi connectivity index (χ3n) is 2.18. The second kappa shape index (κ2) is 2.88. The van der Waals surface area contributed by atoms with Crippen molar-refractivity contribution in [1.29, 1.82) is 0 Å². The highest BCUT2D eigenvalue weighted by molar-refractivity contribution is 5.93. The number of anilines is 1. The van der Waals surface area contributed by atoms with E-state index in [1.54, 1.807) is 6.07 Å². The van der Waals surface area contributed by atoms with Gasteiger partial charge in [0.1, 0.15) is 17.9 Å². The van der Waals surface area contributed by atoms with Crippen molar-refractivity contribution in [2.75, 3.05) is 12.3 Å². The number of carboxylic acid groups (broad SMARTS) is 1. The number of carboxylic acids is 1. The maximum absolute atomic E-state index is 10.8. The first-order valence-corrected chi connectivity index (χ1v) is 4.14. The molecular weight excluding hydrogens is 184 g/mol. The Morgan fingerprint density at radius 3 is 2.93 bits per heavy atom. The molecule has 74 valence electrons. The van der Waals surface area contributed by atoms with Gasteiger partial charge in [0.25, 0.3) is 0 Å². The molecule has 5 heteroatoms. The van der Waals surface area contributed by atoms with Gasteiger partial charge in [0.05, 0.1) is 6.04 Å². The number of benzene rings is 1. The van der Waals surface area contributed by atoms with Gasteiger partial charge in [-0.15, -0.1) is 0 Å². The molecule has 1 aromatic rings. The first kappa shape index (κ1) is 8.83. The van der Waals surface area contributed by atoms with Gasteiger partial charge in [0, 0.05) is 11.3 Å². The number of aromatic carboxylic acids is 1. The average Bonchev–Trinajstić information content (AvgIpc) is 2.47. The third kappa shape index (κ3) is 1.18. The molecule has 0 aliphatic carbocycles. The number of ether oxygens (including phenoxy) is 1. The summed E-state index contributed by atoms with van der Waals surface area (Å²) in [6.45, 7) is 0.305. The molecule has 0 spiro atoms. The quantitative estimate of drug-likeness (QED) is 0.560. The average molecular weight is 194 g/mol. The van der Waals surface area contributed by atoms with Gasteiger partial charge < -0.3 is 21.3 Å². The van der Waals surface area contributed by atoms with E-state index in [9.17, 15) is 4.79 Å². The lowest BCUT2D eigenvalue weighted by atomic mass is 10.0. The van der Waals surface area contributed by atoms with Gasteiger partial charge in [-0.3, -0.25) is 0 Å². The zero-order chi connectivity index (χ0) is 10.3. The van der Waals surface area contributed by atoms with E-state index in [0.29, 0.717) is 23.6 Å². The Morgan fingerprint density at radius 2 is 2.29 bits per heavy atom. The Bertz CT molecular complexity index is 403. The van der Waals surface area contributed by atoms with Crippen molar-refractivity contribution in [1.82, 2.24) is 0 Å². The summed E-state index contributed by atoms with van der Waals surface area (Å²) in [4.78, 5) is 10.8. The zero-order valence-corrected chi connectivity index (χ0v) is 7.36. The van der Waals surface area contributed by atoms with Gasteiger partial charge in [-0.05, 0) is 12.1 Å². The molecule has 1 heterocycles. The van der Waals surface area contributed by atoms with Crippen molar-refractivity contribution >= 4 is 11.7 Å². The first-order chi connectivity index (χ1) is 6.59. The minimum absolute atomic E-state index is 0.0768. The summed E-state index contributed by atoms with van der Waals surface area (Å²) >= 11 is 0. The topological polar surface area (TPSA) is 98.6 Å². The van der Waals surface area contributed by atoms with E-state index in [4.69, 9.17) is 21.3 Å². The molecule has 0 aromatic heterocycles. The molecule has 0 bridgehead atoms. The third-order valence-corrected chi connectivity index (χ3v) is 2.18. The second-order valence-electron chi connectivity index (χ2n) is 3.21. The Balaban J connectivity index is 2.63. The lowest BCUT2D eigenvalue weighted by molar-refractivity contribution is 0.0693. The molecule has 5 N–H and O–H groups in total. The number of rotatable bonds is 1. The monoisotopic (exact) mass is 194 g/mol. The fraction of sp³-hybridized carbons (Fsp3) is 0.222. The molecule has 0 saturated carbocycles. The Kier molecular flexibility index (Phi) is 1.82. The molecule has 1 atom stereocenters. The van der Waals surface area contributed by atoms with Crippen LogP contribution in [0.2, 0.25) is 0 Å². The van der Waals surface area contributed by atoms with Crippen LogP contribution in [0.15, 0.2) is 12.1 Å². The number of nitrogens with two attached hydrogens (primary N) is 2. The molecule has 0 saturated heterocycles. The second-order valence-corrected chi connectivity index (χ2v) is 3.21. The summed E-state index contributed by atoms with van der Waals surface area (Å²) in [7, 11) is 0. The molecule has 14 heavy (non-hydrogen) atoms. The predicted octanol–water partition coefficient (Wildman–Crippen LogP) is 0.359. The van der Waals surface area contributed by atoms with Crippen molar-refractivity contribution in [3.63, 3.8) is 0 Å². The summed E-state index contributed by atoms with van der Waals surface area (Å²) < 4.78 is 5.20. The van der Waals surface area contributed by atoms with Crippen LogP contribution in [0, 0.1) is 0 Å². The van der Waals surface area contributed by atoms with Crippen LogP contribution in [0.1, 0.15) is 22.0 Å². The van der Waals surface area contributed by atoms with E-state index in [0.717, 1.165) is 0 Å². The first-order valence-electron chi connectivity index (χ1n) is 4.14. The molecule has 0 radical (unpaired) electrons. The number of hydrogen-bond acceptors (Lipinski definition) is 4. The fourth-order valence-corrected chi connectivity index (χ4v) is 1.53. The van der Waals surface area contributed by atoms with Crippen molar-refractivity contribution in [2.24, 2.45) is 5.73 Å². The Hall–Kier alpha value is -1.75. The van der Waals surface area contributed by atoms with Crippen LogP contribution in [0.4, 0.5) is 5.69 Å². The van der Waals surface area contributed by atoms with E-state index in [1.807, 2.05) is 0 Å². The summed E-state index contributed by atoms with van der Waals surface area (Å²) in [5.41, 5.74) is 12.4. The lowest BCUT2D eigenvalue weighted by Gasteiger charge is -2.05. The highest BCUT2D eigenvalue weighted by Crippen LogP contribution is 2.36. The van der Waals surface area contributed by atoms with Gasteiger partial charge in [-0.25, -0.2) is 4.79 Å². The molecule has 5 nitrogen and oxygen atoms in total. The predicted molar refractivity (Wildman–Crippen MR) is 50.2 cm³/mol. The zero-order valence-electron chi connectivity index (χ0n) is 7.36. The largest absolute Gasteiger partial charge is 0.490 e. The van der Waals surface area contributed by atoms with Gasteiger partial charge in [0.2, 0.25) is 0 Å². The molecule has 1 aliphatic rings. The van der Waals surface area contributed by atoms with Crippen LogP contribution in [0.25, 0.3) is 0 Å². The summed E-state index contributed by atoms with van der Waals surface area (Å²) in [5, 5.41) is 8.88. The summed E-state index contributed by atoms with van der Waals surface area (Å²) in [6.07, 6.45) is 0. The Labute approximate surface area is 80.3 Å². The molecule has 1 aromatic carbocycles. The summed E-state index contributed by atoms with van der Waals surface area (Å²) in [5.74, 6) is -0.707. The molecule has 2 rings (SSSR count). The van der Waals surface area contributed by atoms with Crippen molar-refractivity contribution < 1.29 is 14.6 Å². The van der Waals surface area contributed by atoms with E-state index < -0.39 is 5.97 Å². The highest BCUT2D eigenvalue weighted by atomic mass is 16.5. The van der Waals surface area contributed by atoms with Gasteiger partial charge in [0.15, 0.2) is 0 Å². The molecule has 0 fully saturated rings. The number of carbonyl (C=O) groups is 1. The number of fused-ring (bicyclic) bond motifs is 1. The van der Waals surface area contributed by atoms with Crippen LogP contribution < -0.4 is 16.2 Å². The van der Waals surface area contributed by atoms with Gasteiger partial charge in [-0.1, -0.05) is 0 Å². The van der Waals surface area contributed by atoms with E-state index in [-0.39, 0.29) is 11.6 Å². The minimum Gasteiger partial charge on any atom is -0.490 e. The molecule has 0 amide bonds.